The van der Waals surface area contributed by atoms with Crippen LogP contribution in [0, 0.1) is 0 Å². The van der Waals surface area contributed by atoms with E-state index < -0.39 is 6.10 Å². The highest BCUT2D eigenvalue weighted by atomic mass is 16.5. The van der Waals surface area contributed by atoms with E-state index in [1.54, 1.807) is 31.2 Å². The smallest absolute Gasteiger partial charge is 0.261 e. The largest absolute Gasteiger partial charge is 0.493 e. The Bertz CT molecular complexity index is 499. The predicted octanol–water partition coefficient (Wildman–Crippen LogP) is 2.36. The van der Waals surface area contributed by atoms with Gasteiger partial charge in [-0.15, -0.1) is 6.58 Å². The molecular formula is C16H21NO4. The third-order valence-corrected chi connectivity index (χ3v) is 2.68. The maximum absolute atomic E-state index is 11.8. The van der Waals surface area contributed by atoms with Gasteiger partial charge in [0.15, 0.2) is 12.4 Å². The molecule has 0 radical (unpaired) electrons. The summed E-state index contributed by atoms with van der Waals surface area (Å²) in [5.74, 6) is 0.669. The summed E-state index contributed by atoms with van der Waals surface area (Å²) in [7, 11) is 0. The van der Waals surface area contributed by atoms with Crippen LogP contribution in [0.3, 0.4) is 0 Å². The Balaban J connectivity index is 2.81. The molecule has 1 aromatic rings. The molecule has 0 aliphatic carbocycles. The maximum Gasteiger partial charge on any atom is 0.261 e. The fourth-order valence-corrected chi connectivity index (χ4v) is 1.58. The van der Waals surface area contributed by atoms with Crippen molar-refractivity contribution in [1.82, 2.24) is 5.32 Å². The normalized spacial score (nSPS) is 11.3. The molecule has 0 saturated carbocycles. The van der Waals surface area contributed by atoms with Crippen LogP contribution >= 0.6 is 0 Å². The molecule has 5 nitrogen and oxygen atoms in total. The summed E-state index contributed by atoms with van der Waals surface area (Å²) < 4.78 is 11.1. The van der Waals surface area contributed by atoms with Gasteiger partial charge in [0.1, 0.15) is 11.5 Å². The van der Waals surface area contributed by atoms with Crippen molar-refractivity contribution in [3.8, 4) is 11.5 Å². The quantitative estimate of drug-likeness (QED) is 0.560. The first-order chi connectivity index (χ1) is 10.1. The fraction of sp³-hybridized carbons (Fsp3) is 0.375. The fourth-order valence-electron chi connectivity index (χ4n) is 1.58. The van der Waals surface area contributed by atoms with Gasteiger partial charge in [-0.05, 0) is 25.5 Å². The van der Waals surface area contributed by atoms with Crippen molar-refractivity contribution in [1.29, 1.82) is 0 Å². The minimum absolute atomic E-state index is 0.272. The van der Waals surface area contributed by atoms with Crippen LogP contribution in [0.5, 0.6) is 11.5 Å². The third-order valence-electron chi connectivity index (χ3n) is 2.68. The van der Waals surface area contributed by atoms with Gasteiger partial charge >= 0.3 is 0 Å². The van der Waals surface area contributed by atoms with E-state index in [1.807, 2.05) is 6.92 Å². The summed E-state index contributed by atoms with van der Waals surface area (Å²) >= 11 is 0. The van der Waals surface area contributed by atoms with Gasteiger partial charge in [-0.3, -0.25) is 9.59 Å². The number of hydrogen-bond acceptors (Lipinski definition) is 4. The van der Waals surface area contributed by atoms with E-state index in [4.69, 9.17) is 9.47 Å². The van der Waals surface area contributed by atoms with E-state index >= 15 is 0 Å². The minimum atomic E-state index is -0.718. The van der Waals surface area contributed by atoms with Gasteiger partial charge in [0.05, 0.1) is 12.2 Å². The first-order valence-electron chi connectivity index (χ1n) is 6.89. The molecule has 1 amide bonds. The molecule has 1 atom stereocenters. The molecule has 0 heterocycles. The second-order valence-corrected chi connectivity index (χ2v) is 4.46. The molecule has 0 aliphatic heterocycles. The van der Waals surface area contributed by atoms with Crippen molar-refractivity contribution in [2.24, 2.45) is 0 Å². The Labute approximate surface area is 124 Å². The second-order valence-electron chi connectivity index (χ2n) is 4.46. The number of aldehydes is 1. The number of benzene rings is 1. The summed E-state index contributed by atoms with van der Waals surface area (Å²) in [5, 5.41) is 2.64. The molecule has 0 aromatic heterocycles. The van der Waals surface area contributed by atoms with Crippen LogP contribution in [0.25, 0.3) is 0 Å². The lowest BCUT2D eigenvalue weighted by Crippen LogP contribution is -2.36. The van der Waals surface area contributed by atoms with Crippen LogP contribution in [0.2, 0.25) is 0 Å². The zero-order valence-electron chi connectivity index (χ0n) is 12.4. The van der Waals surface area contributed by atoms with Crippen LogP contribution in [-0.2, 0) is 4.79 Å². The van der Waals surface area contributed by atoms with Crippen molar-refractivity contribution < 1.29 is 19.1 Å². The monoisotopic (exact) mass is 291 g/mol. The highest BCUT2D eigenvalue weighted by Gasteiger charge is 2.16. The SMILES string of the molecule is C=CCNC(=O)C(C)Oc1cc(OCCC)ccc1C=O. The Hall–Kier alpha value is -2.30. The standard InChI is InChI=1S/C16H21NO4/c1-4-8-17-16(19)12(3)21-15-10-14(20-9-5-2)7-6-13(15)11-18/h4,6-7,10-12H,1,5,8-9H2,2-3H3,(H,17,19). The number of amides is 1. The minimum Gasteiger partial charge on any atom is -0.493 e. The van der Waals surface area contributed by atoms with Crippen LogP contribution in [0.1, 0.15) is 30.6 Å². The first kappa shape index (κ1) is 16.8. The van der Waals surface area contributed by atoms with Crippen LogP contribution in [0.15, 0.2) is 30.9 Å². The van der Waals surface area contributed by atoms with Crippen molar-refractivity contribution in [3.63, 3.8) is 0 Å². The molecule has 0 aliphatic rings. The Morgan fingerprint density at radius 3 is 2.86 bits per heavy atom. The predicted molar refractivity (Wildman–Crippen MR) is 80.9 cm³/mol. The van der Waals surface area contributed by atoms with E-state index in [9.17, 15) is 9.59 Å². The number of nitrogens with one attached hydrogen (secondary N) is 1. The molecule has 1 N–H and O–H groups in total. The molecule has 5 heteroatoms. The molecule has 0 saturated heterocycles. The van der Waals surface area contributed by atoms with E-state index in [-0.39, 0.29) is 5.91 Å². The van der Waals surface area contributed by atoms with Gasteiger partial charge in [-0.25, -0.2) is 0 Å². The third kappa shape index (κ3) is 5.30. The lowest BCUT2D eigenvalue weighted by Gasteiger charge is -2.16. The van der Waals surface area contributed by atoms with Gasteiger partial charge in [-0.1, -0.05) is 13.0 Å². The summed E-state index contributed by atoms with van der Waals surface area (Å²) in [6.45, 7) is 8.09. The van der Waals surface area contributed by atoms with E-state index in [0.29, 0.717) is 36.5 Å². The molecule has 1 unspecified atom stereocenters. The Morgan fingerprint density at radius 1 is 1.48 bits per heavy atom. The topological polar surface area (TPSA) is 64.6 Å². The lowest BCUT2D eigenvalue weighted by atomic mass is 10.2. The number of hydrogen-bond donors (Lipinski definition) is 1. The lowest BCUT2D eigenvalue weighted by molar-refractivity contribution is -0.127. The summed E-state index contributed by atoms with van der Waals surface area (Å²) in [6, 6.07) is 4.94. The highest BCUT2D eigenvalue weighted by Crippen LogP contribution is 2.25. The van der Waals surface area contributed by atoms with E-state index in [2.05, 4.69) is 11.9 Å². The average molecular weight is 291 g/mol. The van der Waals surface area contributed by atoms with Crippen molar-refractivity contribution >= 4 is 12.2 Å². The molecular weight excluding hydrogens is 270 g/mol. The molecule has 0 bridgehead atoms. The van der Waals surface area contributed by atoms with Gasteiger partial charge in [0.2, 0.25) is 0 Å². The number of carbonyl (C=O) groups is 2. The maximum atomic E-state index is 11.8. The second kappa shape index (κ2) is 8.79. The first-order valence-corrected chi connectivity index (χ1v) is 6.89. The average Bonchev–Trinajstić information content (AvgIpc) is 2.50. The van der Waals surface area contributed by atoms with Gasteiger partial charge in [-0.2, -0.15) is 0 Å². The van der Waals surface area contributed by atoms with Crippen LogP contribution in [-0.4, -0.2) is 31.4 Å². The molecule has 1 aromatic carbocycles. The Kier molecular flexibility index (Phi) is 7.01. The summed E-state index contributed by atoms with van der Waals surface area (Å²) in [5.41, 5.74) is 0.377. The summed E-state index contributed by atoms with van der Waals surface area (Å²) in [6.07, 6.45) is 2.44. The highest BCUT2D eigenvalue weighted by molar-refractivity contribution is 5.82. The van der Waals surface area contributed by atoms with Crippen molar-refractivity contribution in [2.75, 3.05) is 13.2 Å². The van der Waals surface area contributed by atoms with E-state index in [1.165, 1.54) is 0 Å². The zero-order valence-corrected chi connectivity index (χ0v) is 12.4. The van der Waals surface area contributed by atoms with Crippen LogP contribution in [0.4, 0.5) is 0 Å². The van der Waals surface area contributed by atoms with Gasteiger partial charge in [0, 0.05) is 12.6 Å². The number of rotatable bonds is 9. The van der Waals surface area contributed by atoms with Crippen molar-refractivity contribution in [3.05, 3.63) is 36.4 Å². The van der Waals surface area contributed by atoms with E-state index in [0.717, 1.165) is 6.42 Å². The molecule has 0 fully saturated rings. The Morgan fingerprint density at radius 2 is 2.24 bits per heavy atom. The zero-order chi connectivity index (χ0) is 15.7. The number of ether oxygens (including phenoxy) is 2. The summed E-state index contributed by atoms with van der Waals surface area (Å²) in [4.78, 5) is 22.8. The molecule has 1 rings (SSSR count). The van der Waals surface area contributed by atoms with Crippen LogP contribution < -0.4 is 14.8 Å². The van der Waals surface area contributed by atoms with Crippen molar-refractivity contribution in [2.45, 2.75) is 26.4 Å². The molecule has 21 heavy (non-hydrogen) atoms. The van der Waals surface area contributed by atoms with Gasteiger partial charge in [0.25, 0.3) is 5.91 Å². The van der Waals surface area contributed by atoms with Gasteiger partial charge < -0.3 is 14.8 Å². The molecule has 114 valence electrons. The molecule has 0 spiro atoms. The number of carbonyl (C=O) groups excluding carboxylic acids is 2.